The molecule has 49 heavy (non-hydrogen) atoms. The highest BCUT2D eigenvalue weighted by Gasteiger charge is 2.46. The van der Waals surface area contributed by atoms with E-state index in [1.807, 2.05) is 25.7 Å². The number of likely N-dealkylation sites (tertiary alicyclic amines) is 1. The van der Waals surface area contributed by atoms with Crippen molar-refractivity contribution >= 4 is 52.8 Å². The normalized spacial score (nSPS) is 18.9. The van der Waals surface area contributed by atoms with Gasteiger partial charge in [-0.2, -0.15) is 0 Å². The lowest BCUT2D eigenvalue weighted by Gasteiger charge is -2.37. The van der Waals surface area contributed by atoms with Gasteiger partial charge in [-0.1, -0.05) is 20.8 Å². The van der Waals surface area contributed by atoms with Crippen LogP contribution in [-0.2, 0) is 14.2 Å². The number of hydrogen-bond donors (Lipinski definition) is 1. The minimum atomic E-state index is -1.00. The number of fused-ring (bicyclic) bond motifs is 1. The average molecular weight is 702 g/mol. The van der Waals surface area contributed by atoms with Gasteiger partial charge in [0, 0.05) is 32.0 Å². The molecular weight excluding hydrogens is 658 g/mol. The van der Waals surface area contributed by atoms with Crippen LogP contribution in [0, 0.1) is 5.41 Å². The van der Waals surface area contributed by atoms with Crippen LogP contribution < -0.4 is 9.80 Å². The SMILES string of the molecule is CC(C)(C)OC(=O)N(C(=O)OC(C)(C)C)c1ncc(-c2nc(N3CCOCC3)c3nc(Cl)n([C@H]4CCN(C(=O)O)C4C(C)(C)C)c3n2)cn1. The van der Waals surface area contributed by atoms with Crippen LogP contribution in [0.1, 0.15) is 74.8 Å². The standard InChI is InChI=1S/C32H44ClN9O7/c1-30(2,3)21-19(10-11-40(21)27(43)44)41-24-20(36-25(41)33)23(39-12-14-47-15-13-39)37-22(38-24)18-16-34-26(35-17-18)42(28(45)48-31(4,5)6)29(46)49-32(7,8)9/h16-17,19,21H,10-15H2,1-9H3,(H,43,44)/t19-,21?/m0/s1. The third-order valence-electron chi connectivity index (χ3n) is 7.87. The number of hydrogen-bond acceptors (Lipinski definition) is 12. The van der Waals surface area contributed by atoms with Gasteiger partial charge >= 0.3 is 18.3 Å². The van der Waals surface area contributed by atoms with E-state index in [1.165, 1.54) is 17.3 Å². The fourth-order valence-corrected chi connectivity index (χ4v) is 6.35. The van der Waals surface area contributed by atoms with E-state index in [-0.39, 0.29) is 23.1 Å². The van der Waals surface area contributed by atoms with Gasteiger partial charge in [0.1, 0.15) is 11.2 Å². The maximum Gasteiger partial charge on any atom is 0.427 e. The van der Waals surface area contributed by atoms with E-state index in [0.717, 1.165) is 0 Å². The summed E-state index contributed by atoms with van der Waals surface area (Å²) in [6.07, 6.45) is 0.305. The van der Waals surface area contributed by atoms with E-state index in [4.69, 9.17) is 40.8 Å². The summed E-state index contributed by atoms with van der Waals surface area (Å²) in [4.78, 5) is 65.8. The van der Waals surface area contributed by atoms with Gasteiger partial charge < -0.3 is 29.1 Å². The molecule has 0 aromatic carbocycles. The molecule has 1 N–H and O–H groups in total. The lowest BCUT2D eigenvalue weighted by molar-refractivity contribution is 0.0427. The number of carbonyl (C=O) groups is 3. The quantitative estimate of drug-likeness (QED) is 0.324. The van der Waals surface area contributed by atoms with Crippen LogP contribution in [0.15, 0.2) is 12.4 Å². The molecular formula is C32H44ClN9O7. The number of halogens is 1. The van der Waals surface area contributed by atoms with Gasteiger partial charge in [-0.3, -0.25) is 4.57 Å². The second kappa shape index (κ2) is 13.2. The summed E-state index contributed by atoms with van der Waals surface area (Å²) in [7, 11) is 0. The molecule has 16 nitrogen and oxygen atoms in total. The summed E-state index contributed by atoms with van der Waals surface area (Å²) in [6.45, 7) is 18.4. The van der Waals surface area contributed by atoms with Crippen LogP contribution >= 0.6 is 11.6 Å². The highest BCUT2D eigenvalue weighted by molar-refractivity contribution is 6.29. The molecule has 0 aliphatic carbocycles. The Hall–Kier alpha value is -4.31. The molecule has 1 unspecified atom stereocenters. The molecule has 17 heteroatoms. The van der Waals surface area contributed by atoms with E-state index < -0.39 is 40.9 Å². The van der Waals surface area contributed by atoms with Crippen molar-refractivity contribution in [2.75, 3.05) is 42.6 Å². The number of amides is 3. The van der Waals surface area contributed by atoms with Crippen LogP contribution in [-0.4, -0.2) is 108 Å². The van der Waals surface area contributed by atoms with Crippen LogP contribution in [0.3, 0.4) is 0 Å². The van der Waals surface area contributed by atoms with Crippen LogP contribution in [0.5, 0.6) is 0 Å². The number of rotatable bonds is 4. The Labute approximate surface area is 289 Å². The van der Waals surface area contributed by atoms with Crippen LogP contribution in [0.25, 0.3) is 22.6 Å². The van der Waals surface area contributed by atoms with Crippen molar-refractivity contribution in [3.05, 3.63) is 17.7 Å². The monoisotopic (exact) mass is 701 g/mol. The number of imidazole rings is 1. The lowest BCUT2D eigenvalue weighted by atomic mass is 9.82. The van der Waals surface area contributed by atoms with Crippen LogP contribution in [0.2, 0.25) is 5.28 Å². The molecule has 5 heterocycles. The highest BCUT2D eigenvalue weighted by atomic mass is 35.5. The molecule has 3 aromatic heterocycles. The number of carbonyl (C=O) groups excluding carboxylic acids is 2. The predicted octanol–water partition coefficient (Wildman–Crippen LogP) is 5.79. The second-order valence-corrected chi connectivity index (χ2v) is 15.4. The Morgan fingerprint density at radius 1 is 0.898 bits per heavy atom. The largest absolute Gasteiger partial charge is 0.465 e. The first kappa shape index (κ1) is 36.0. The zero-order chi connectivity index (χ0) is 36.1. The second-order valence-electron chi connectivity index (χ2n) is 15.1. The maximum atomic E-state index is 13.2. The molecule has 2 atom stereocenters. The molecule has 0 saturated carbocycles. The fraction of sp³-hybridized carbons (Fsp3) is 0.625. The zero-order valence-electron chi connectivity index (χ0n) is 29.4. The number of anilines is 2. The van der Waals surface area contributed by atoms with E-state index in [0.29, 0.717) is 66.7 Å². The summed E-state index contributed by atoms with van der Waals surface area (Å²) in [6, 6.07) is -0.775. The highest BCUT2D eigenvalue weighted by Crippen LogP contribution is 2.43. The maximum absolute atomic E-state index is 13.2. The van der Waals surface area contributed by atoms with Crippen molar-refractivity contribution in [3.8, 4) is 11.4 Å². The van der Waals surface area contributed by atoms with Gasteiger partial charge in [0.15, 0.2) is 22.8 Å². The van der Waals surface area contributed by atoms with Crippen molar-refractivity contribution in [1.29, 1.82) is 0 Å². The molecule has 3 amide bonds. The Morgan fingerprint density at radius 3 is 1.98 bits per heavy atom. The molecule has 2 fully saturated rings. The Kier molecular flexibility index (Phi) is 9.69. The molecule has 2 saturated heterocycles. The topological polar surface area (TPSA) is 178 Å². The summed E-state index contributed by atoms with van der Waals surface area (Å²) < 4.78 is 18.3. The van der Waals surface area contributed by atoms with Crippen molar-refractivity contribution < 1.29 is 33.7 Å². The van der Waals surface area contributed by atoms with Gasteiger partial charge in [0.25, 0.3) is 0 Å². The molecule has 0 spiro atoms. The lowest BCUT2D eigenvalue weighted by Crippen LogP contribution is -2.46. The smallest absolute Gasteiger partial charge is 0.427 e. The van der Waals surface area contributed by atoms with E-state index >= 15 is 0 Å². The van der Waals surface area contributed by atoms with Gasteiger partial charge in [0.05, 0.1) is 30.9 Å². The number of imide groups is 1. The molecule has 0 radical (unpaired) electrons. The van der Waals surface area contributed by atoms with E-state index in [1.54, 1.807) is 46.1 Å². The summed E-state index contributed by atoms with van der Waals surface area (Å²) in [5.74, 6) is 0.500. The van der Waals surface area contributed by atoms with Crippen LogP contribution in [0.4, 0.5) is 26.1 Å². The summed E-state index contributed by atoms with van der Waals surface area (Å²) in [5, 5.41) is 10.2. The van der Waals surface area contributed by atoms with Crippen molar-refractivity contribution in [2.45, 2.75) is 92.0 Å². The van der Waals surface area contributed by atoms with Crippen molar-refractivity contribution in [3.63, 3.8) is 0 Å². The number of carboxylic acid groups (broad SMARTS) is 1. The van der Waals surface area contributed by atoms with Gasteiger partial charge in [-0.25, -0.2) is 39.3 Å². The first-order valence-corrected chi connectivity index (χ1v) is 16.5. The van der Waals surface area contributed by atoms with Gasteiger partial charge in [-0.05, 0) is 65.0 Å². The molecule has 5 rings (SSSR count). The van der Waals surface area contributed by atoms with E-state index in [9.17, 15) is 19.5 Å². The number of ether oxygens (including phenoxy) is 3. The predicted molar refractivity (Wildman–Crippen MR) is 181 cm³/mol. The summed E-state index contributed by atoms with van der Waals surface area (Å²) in [5.41, 5.74) is -0.976. The number of nitrogens with zero attached hydrogens (tertiary/aromatic N) is 9. The van der Waals surface area contributed by atoms with Gasteiger partial charge in [-0.15, -0.1) is 4.90 Å². The number of morpholine rings is 1. The minimum Gasteiger partial charge on any atom is -0.465 e. The van der Waals surface area contributed by atoms with Gasteiger partial charge in [0.2, 0.25) is 11.2 Å². The molecule has 2 aliphatic rings. The third-order valence-corrected chi connectivity index (χ3v) is 8.13. The molecule has 3 aromatic rings. The molecule has 0 bridgehead atoms. The third kappa shape index (κ3) is 7.80. The Morgan fingerprint density at radius 2 is 1.47 bits per heavy atom. The Balaban J connectivity index is 1.62. The first-order valence-electron chi connectivity index (χ1n) is 16.1. The fourth-order valence-electron chi connectivity index (χ4n) is 6.06. The summed E-state index contributed by atoms with van der Waals surface area (Å²) >= 11 is 6.86. The first-order chi connectivity index (χ1) is 22.7. The van der Waals surface area contributed by atoms with Crippen molar-refractivity contribution in [1.82, 2.24) is 34.4 Å². The molecule has 2 aliphatic heterocycles. The number of aromatic nitrogens is 6. The van der Waals surface area contributed by atoms with E-state index in [2.05, 4.69) is 9.97 Å². The average Bonchev–Trinajstić information content (AvgIpc) is 3.56. The zero-order valence-corrected chi connectivity index (χ0v) is 30.1. The Bertz CT molecular complexity index is 1690. The molecule has 266 valence electrons. The minimum absolute atomic E-state index is 0.166. The van der Waals surface area contributed by atoms with Crippen molar-refractivity contribution in [2.24, 2.45) is 5.41 Å².